The lowest BCUT2D eigenvalue weighted by Gasteiger charge is -2.17. The van der Waals surface area contributed by atoms with Crippen LogP contribution in [0.2, 0.25) is 0 Å². The predicted octanol–water partition coefficient (Wildman–Crippen LogP) is 1.53. The van der Waals surface area contributed by atoms with E-state index in [1.165, 1.54) is 0 Å². The minimum atomic E-state index is 0. The predicted molar refractivity (Wildman–Crippen MR) is 102 cm³/mol. The van der Waals surface area contributed by atoms with E-state index in [0.29, 0.717) is 12.6 Å². The van der Waals surface area contributed by atoms with E-state index in [1.807, 2.05) is 18.5 Å². The molecule has 1 aromatic rings. The molecule has 0 bridgehead atoms. The Morgan fingerprint density at radius 2 is 2.13 bits per heavy atom. The van der Waals surface area contributed by atoms with Crippen molar-refractivity contribution in [3.8, 4) is 0 Å². The number of hydrogen-bond donors (Lipinski definition) is 2. The lowest BCUT2D eigenvalue weighted by Crippen LogP contribution is -2.43. The number of aryl methyl sites for hydroxylation is 1. The lowest BCUT2D eigenvalue weighted by molar-refractivity contribution is 0.195. The number of nitrogens with one attached hydrogen (secondary N) is 2. The van der Waals surface area contributed by atoms with Crippen LogP contribution >= 0.6 is 24.0 Å². The third-order valence-corrected chi connectivity index (χ3v) is 3.73. The van der Waals surface area contributed by atoms with Gasteiger partial charge in [-0.05, 0) is 26.2 Å². The fourth-order valence-corrected chi connectivity index (χ4v) is 2.24. The number of nitrogens with zero attached hydrogens (tertiary/aromatic N) is 4. The molecule has 1 aliphatic rings. The van der Waals surface area contributed by atoms with Crippen LogP contribution in [0, 0.1) is 6.92 Å². The van der Waals surface area contributed by atoms with Gasteiger partial charge in [-0.15, -0.1) is 34.2 Å². The van der Waals surface area contributed by atoms with Crippen molar-refractivity contribution in [2.24, 2.45) is 12.0 Å². The van der Waals surface area contributed by atoms with Crippen LogP contribution in [0.25, 0.3) is 0 Å². The molecular weight excluding hydrogens is 407 g/mol. The summed E-state index contributed by atoms with van der Waals surface area (Å²) in [5.41, 5.74) is 0. The summed E-state index contributed by atoms with van der Waals surface area (Å²) in [4.78, 5) is 4.63. The second kappa shape index (κ2) is 10.6. The highest BCUT2D eigenvalue weighted by atomic mass is 127. The topological polar surface area (TPSA) is 76.4 Å². The Hall–Kier alpha value is -1.16. The lowest BCUT2D eigenvalue weighted by atomic mass is 10.2. The molecule has 0 amide bonds. The number of guanidine groups is 1. The van der Waals surface area contributed by atoms with Crippen molar-refractivity contribution in [1.82, 2.24) is 25.4 Å². The van der Waals surface area contributed by atoms with Gasteiger partial charge in [-0.2, -0.15) is 0 Å². The zero-order valence-electron chi connectivity index (χ0n) is 14.1. The number of hydrogen-bond acceptors (Lipinski definition) is 4. The van der Waals surface area contributed by atoms with Gasteiger partial charge in [0.15, 0.2) is 11.8 Å². The smallest absolute Gasteiger partial charge is 0.191 e. The molecule has 0 saturated heterocycles. The number of rotatable bonds is 7. The van der Waals surface area contributed by atoms with Gasteiger partial charge in [0.1, 0.15) is 12.4 Å². The molecule has 1 heterocycles. The molecule has 0 spiro atoms. The summed E-state index contributed by atoms with van der Waals surface area (Å²) in [6, 6.07) is 0.426. The van der Waals surface area contributed by atoms with Crippen molar-refractivity contribution in [2.45, 2.75) is 38.8 Å². The Kier molecular flexibility index (Phi) is 9.15. The van der Waals surface area contributed by atoms with Crippen molar-refractivity contribution >= 4 is 29.9 Å². The Bertz CT molecular complexity index is 520. The zero-order valence-corrected chi connectivity index (χ0v) is 16.4. The summed E-state index contributed by atoms with van der Waals surface area (Å²) >= 11 is 0. The van der Waals surface area contributed by atoms with Crippen LogP contribution in [0.3, 0.4) is 0 Å². The first-order chi connectivity index (χ1) is 10.7. The highest BCUT2D eigenvalue weighted by Gasteiger charge is 2.12. The third kappa shape index (κ3) is 6.46. The van der Waals surface area contributed by atoms with E-state index in [-0.39, 0.29) is 24.0 Å². The van der Waals surface area contributed by atoms with Crippen LogP contribution in [0.15, 0.2) is 17.1 Å². The largest absolute Gasteiger partial charge is 0.385 e. The van der Waals surface area contributed by atoms with E-state index in [2.05, 4.69) is 38.0 Å². The summed E-state index contributed by atoms with van der Waals surface area (Å²) in [6.07, 6.45) is 7.44. The van der Waals surface area contributed by atoms with Crippen LogP contribution < -0.4 is 10.6 Å². The van der Waals surface area contributed by atoms with Crippen LogP contribution in [-0.2, 0) is 18.3 Å². The summed E-state index contributed by atoms with van der Waals surface area (Å²) in [6.45, 7) is 4.02. The third-order valence-electron chi connectivity index (χ3n) is 3.73. The number of ether oxygens (including phenoxy) is 1. The maximum absolute atomic E-state index is 5.07. The van der Waals surface area contributed by atoms with E-state index in [0.717, 1.165) is 50.0 Å². The molecule has 0 unspecified atom stereocenters. The zero-order chi connectivity index (χ0) is 15.8. The van der Waals surface area contributed by atoms with Gasteiger partial charge in [0.05, 0.1) is 0 Å². The minimum Gasteiger partial charge on any atom is -0.385 e. The number of aromatic nitrogens is 3. The summed E-state index contributed by atoms with van der Waals surface area (Å²) in [5, 5.41) is 15.0. The fourth-order valence-electron chi connectivity index (χ4n) is 2.24. The first-order valence-corrected chi connectivity index (χ1v) is 7.74. The Labute approximate surface area is 155 Å². The molecule has 130 valence electrons. The maximum atomic E-state index is 5.07. The summed E-state index contributed by atoms with van der Waals surface area (Å²) < 4.78 is 7.03. The van der Waals surface area contributed by atoms with E-state index >= 15 is 0 Å². The van der Waals surface area contributed by atoms with E-state index in [4.69, 9.17) is 4.74 Å². The Morgan fingerprint density at radius 3 is 2.74 bits per heavy atom. The van der Waals surface area contributed by atoms with Gasteiger partial charge in [-0.25, -0.2) is 4.99 Å². The highest BCUT2D eigenvalue weighted by molar-refractivity contribution is 14.0. The molecule has 0 aromatic carbocycles. The molecule has 1 aliphatic carbocycles. The summed E-state index contributed by atoms with van der Waals surface area (Å²) in [5.74, 6) is 2.58. The summed E-state index contributed by atoms with van der Waals surface area (Å²) in [7, 11) is 3.67. The first-order valence-electron chi connectivity index (χ1n) is 7.74. The van der Waals surface area contributed by atoms with Gasteiger partial charge < -0.3 is 19.9 Å². The standard InChI is InChI=1S/C15H26N6O.HI/c1-12-19-20-14(21(12)2)11-17-15(16-9-6-10-22-3)18-13-7-4-5-8-13;/h4-5,13H,6-11H2,1-3H3,(H2,16,17,18);1H. The van der Waals surface area contributed by atoms with Crippen molar-refractivity contribution < 1.29 is 4.74 Å². The quantitative estimate of drug-likeness (QED) is 0.224. The van der Waals surface area contributed by atoms with Crippen molar-refractivity contribution in [2.75, 3.05) is 20.3 Å². The van der Waals surface area contributed by atoms with Crippen LogP contribution in [0.4, 0.5) is 0 Å². The molecule has 1 aromatic heterocycles. The van der Waals surface area contributed by atoms with Gasteiger partial charge >= 0.3 is 0 Å². The monoisotopic (exact) mass is 434 g/mol. The molecule has 0 radical (unpaired) electrons. The first kappa shape index (κ1) is 19.9. The molecule has 0 fully saturated rings. The van der Waals surface area contributed by atoms with Gasteiger partial charge in [-0.3, -0.25) is 0 Å². The van der Waals surface area contributed by atoms with E-state index < -0.39 is 0 Å². The van der Waals surface area contributed by atoms with Gasteiger partial charge in [-0.1, -0.05) is 12.2 Å². The van der Waals surface area contributed by atoms with Crippen LogP contribution in [-0.4, -0.2) is 47.0 Å². The number of methoxy groups -OCH3 is 1. The fraction of sp³-hybridized carbons (Fsp3) is 0.667. The van der Waals surface area contributed by atoms with Crippen molar-refractivity contribution in [1.29, 1.82) is 0 Å². The molecule has 23 heavy (non-hydrogen) atoms. The second-order valence-corrected chi connectivity index (χ2v) is 5.44. The molecule has 8 heteroatoms. The second-order valence-electron chi connectivity index (χ2n) is 5.44. The number of aliphatic imine (C=N–C) groups is 1. The highest BCUT2D eigenvalue weighted by Crippen LogP contribution is 2.09. The minimum absolute atomic E-state index is 0. The normalized spacial score (nSPS) is 14.8. The number of halogens is 1. The Morgan fingerprint density at radius 1 is 1.39 bits per heavy atom. The van der Waals surface area contributed by atoms with Crippen LogP contribution in [0.5, 0.6) is 0 Å². The van der Waals surface area contributed by atoms with Crippen molar-refractivity contribution in [3.05, 3.63) is 23.8 Å². The van der Waals surface area contributed by atoms with E-state index in [9.17, 15) is 0 Å². The Balaban J connectivity index is 0.00000264. The molecule has 0 atom stereocenters. The van der Waals surface area contributed by atoms with Gasteiger partial charge in [0.2, 0.25) is 0 Å². The van der Waals surface area contributed by atoms with Gasteiger partial charge in [0, 0.05) is 33.4 Å². The van der Waals surface area contributed by atoms with Crippen LogP contribution in [0.1, 0.15) is 30.9 Å². The van der Waals surface area contributed by atoms with Gasteiger partial charge in [0.25, 0.3) is 0 Å². The van der Waals surface area contributed by atoms with E-state index in [1.54, 1.807) is 7.11 Å². The maximum Gasteiger partial charge on any atom is 0.191 e. The molecule has 2 N–H and O–H groups in total. The molecular formula is C15H27IN6O. The molecule has 0 saturated carbocycles. The van der Waals surface area contributed by atoms with Crippen molar-refractivity contribution in [3.63, 3.8) is 0 Å². The molecule has 0 aliphatic heterocycles. The molecule has 2 rings (SSSR count). The average Bonchev–Trinajstić information content (AvgIpc) is 3.13. The average molecular weight is 434 g/mol. The SMILES string of the molecule is COCCCNC(=NCc1nnc(C)n1C)NC1CC=CC1.I. The molecule has 7 nitrogen and oxygen atoms in total.